The average molecular weight is 257 g/mol. The summed E-state index contributed by atoms with van der Waals surface area (Å²) in [5, 5.41) is 0. The molecule has 11 heteroatoms. The molecule has 0 atom stereocenters. The molecule has 0 spiro atoms. The summed E-state index contributed by atoms with van der Waals surface area (Å²) in [5.74, 6) is 0. The van der Waals surface area contributed by atoms with E-state index in [1.165, 1.54) is 0 Å². The van der Waals surface area contributed by atoms with Crippen molar-refractivity contribution >= 4 is 61.2 Å². The molecule has 66 valence electrons. The Morgan fingerprint density at radius 3 is 0.909 bits per heavy atom. The van der Waals surface area contributed by atoms with Crippen molar-refractivity contribution in [3.8, 4) is 0 Å². The first kappa shape index (κ1) is 29.4. The predicted octanol–water partition coefficient (Wildman–Crippen LogP) is -2.37. The molecule has 2 radical (unpaired) electrons. The van der Waals surface area contributed by atoms with Crippen LogP contribution in [0.5, 0.6) is 0 Å². The van der Waals surface area contributed by atoms with Crippen LogP contribution >= 0.6 is 20.1 Å². The zero-order valence-electron chi connectivity index (χ0n) is 4.95. The summed E-state index contributed by atoms with van der Waals surface area (Å²) < 4.78 is 34.1. The van der Waals surface area contributed by atoms with E-state index in [1.807, 2.05) is 30.7 Å². The molecule has 6 nitrogen and oxygen atoms in total. The zero-order chi connectivity index (χ0) is 8.50. The topological polar surface area (TPSA) is 143 Å². The third-order valence-electron chi connectivity index (χ3n) is 0. The van der Waals surface area contributed by atoms with E-state index in [-0.39, 0.29) is 11.0 Å². The molecule has 0 amide bonds. The zero-order valence-corrected chi connectivity index (χ0v) is 9.59. The van der Waals surface area contributed by atoms with Gasteiger partial charge < -0.3 is 20.1 Å². The van der Waals surface area contributed by atoms with E-state index < -0.39 is 10.4 Å². The number of halogens is 2. The molecular weight excluding hydrogens is 253 g/mol. The SMILES string of the molecule is O.O.O=S(=O)([O-])[O-].[Al+][Cl].[Al+][Cl]. The van der Waals surface area contributed by atoms with Gasteiger partial charge in [-0.25, -0.2) is 0 Å². The fourth-order valence-corrected chi connectivity index (χ4v) is 0. The number of hydrogen-bond acceptors (Lipinski definition) is 4. The molecule has 0 aromatic rings. The molecule has 0 saturated carbocycles. The van der Waals surface area contributed by atoms with Crippen LogP contribution in [-0.4, -0.2) is 59.2 Å². The van der Waals surface area contributed by atoms with Crippen molar-refractivity contribution in [3.63, 3.8) is 0 Å². The van der Waals surface area contributed by atoms with Crippen LogP contribution in [0.15, 0.2) is 0 Å². The van der Waals surface area contributed by atoms with Crippen molar-refractivity contribution in [1.29, 1.82) is 0 Å². The van der Waals surface area contributed by atoms with Crippen LogP contribution in [0.1, 0.15) is 0 Å². The average Bonchev–Trinajstić information content (AvgIpc) is 1.72. The van der Waals surface area contributed by atoms with E-state index in [9.17, 15) is 0 Å². The first-order valence-corrected chi connectivity index (χ1v) is 5.93. The van der Waals surface area contributed by atoms with Gasteiger partial charge >= 0.3 is 50.8 Å². The molecule has 0 saturated heterocycles. The molecule has 0 bridgehead atoms. The van der Waals surface area contributed by atoms with Crippen LogP contribution < -0.4 is 0 Å². The van der Waals surface area contributed by atoms with Crippen LogP contribution in [0.3, 0.4) is 0 Å². The maximum atomic E-state index is 8.52. The quantitative estimate of drug-likeness (QED) is 0.271. The van der Waals surface area contributed by atoms with Gasteiger partial charge in [-0.1, -0.05) is 0 Å². The molecule has 0 aromatic heterocycles. The second-order valence-electron chi connectivity index (χ2n) is 0.408. The summed E-state index contributed by atoms with van der Waals surface area (Å²) in [5.41, 5.74) is 0. The van der Waals surface area contributed by atoms with Crippen LogP contribution in [0.25, 0.3) is 0 Å². The first-order chi connectivity index (χ1) is 4.00. The molecule has 0 aliphatic rings. The summed E-state index contributed by atoms with van der Waals surface area (Å²) in [6, 6.07) is 0. The van der Waals surface area contributed by atoms with Gasteiger partial charge in [-0.05, 0) is 0 Å². The van der Waals surface area contributed by atoms with Crippen molar-refractivity contribution in [2.24, 2.45) is 0 Å². The number of hydrogen-bond donors (Lipinski definition) is 0. The summed E-state index contributed by atoms with van der Waals surface area (Å²) in [7, 11) is 3.94. The van der Waals surface area contributed by atoms with Crippen molar-refractivity contribution < 1.29 is 28.5 Å². The minimum atomic E-state index is -5.17. The summed E-state index contributed by atoms with van der Waals surface area (Å²) in [6.07, 6.45) is 0. The van der Waals surface area contributed by atoms with Crippen LogP contribution in [0.4, 0.5) is 0 Å². The standard InChI is InChI=1S/2Al.2ClH.H2O4S.2H2O/c;;;;1-5(2,3)4;;/h;;2*1H;(H2,1,2,3,4);2*1H2/q2*+2;;;;;/p-4. The molecule has 0 heterocycles. The predicted molar refractivity (Wildman–Crippen MR) is 40.9 cm³/mol. The Labute approximate surface area is 89.3 Å². The Kier molecular flexibility index (Phi) is 60.2. The van der Waals surface area contributed by atoms with Crippen LogP contribution in [0, 0.1) is 0 Å². The Balaban J connectivity index is -0.0000000178. The molecule has 0 aromatic carbocycles. The summed E-state index contributed by atoms with van der Waals surface area (Å²) in [4.78, 5) is 0. The van der Waals surface area contributed by atoms with Gasteiger partial charge in [0.15, 0.2) is 0 Å². The van der Waals surface area contributed by atoms with Gasteiger partial charge in [0.2, 0.25) is 0 Å². The van der Waals surface area contributed by atoms with Gasteiger partial charge in [-0.15, -0.1) is 0 Å². The van der Waals surface area contributed by atoms with E-state index >= 15 is 0 Å². The van der Waals surface area contributed by atoms with Crippen molar-refractivity contribution in [1.82, 2.24) is 0 Å². The monoisotopic (exact) mass is 256 g/mol. The molecule has 4 N–H and O–H groups in total. The minimum absolute atomic E-state index is 0. The first-order valence-electron chi connectivity index (χ1n) is 1.10. The normalized spacial score (nSPS) is 6.00. The molecule has 11 heavy (non-hydrogen) atoms. The van der Waals surface area contributed by atoms with Gasteiger partial charge in [0.05, 0.1) is 0 Å². The molecule has 0 aliphatic carbocycles. The molecule has 0 unspecified atom stereocenters. The van der Waals surface area contributed by atoms with Gasteiger partial charge in [0, 0.05) is 10.4 Å². The van der Waals surface area contributed by atoms with Crippen LogP contribution in [-0.2, 0) is 10.4 Å². The van der Waals surface area contributed by atoms with Gasteiger partial charge in [-0.3, -0.25) is 8.42 Å². The van der Waals surface area contributed by atoms with Crippen LogP contribution in [0.2, 0.25) is 0 Å². The summed E-state index contributed by atoms with van der Waals surface area (Å²) in [6.45, 7) is 0. The third kappa shape index (κ3) is 494. The second-order valence-corrected chi connectivity index (χ2v) is 1.22. The number of rotatable bonds is 0. The van der Waals surface area contributed by atoms with E-state index in [1.54, 1.807) is 0 Å². The summed E-state index contributed by atoms with van der Waals surface area (Å²) >= 11 is 3.78. The van der Waals surface area contributed by atoms with E-state index in [0.29, 0.717) is 0 Å². The third-order valence-corrected chi connectivity index (χ3v) is 0. The van der Waals surface area contributed by atoms with Crippen molar-refractivity contribution in [3.05, 3.63) is 0 Å². The molecule has 0 fully saturated rings. The molecule has 0 rings (SSSR count). The second kappa shape index (κ2) is 22.5. The maximum absolute atomic E-state index is 8.52. The Bertz CT molecular complexity index is 102. The van der Waals surface area contributed by atoms with Crippen molar-refractivity contribution in [2.45, 2.75) is 0 Å². The van der Waals surface area contributed by atoms with E-state index in [2.05, 4.69) is 20.1 Å². The Morgan fingerprint density at radius 2 is 0.909 bits per heavy atom. The van der Waals surface area contributed by atoms with E-state index in [0.717, 1.165) is 0 Å². The molecular formula is H4Al2Cl2O6S. The fourth-order valence-electron chi connectivity index (χ4n) is 0. The van der Waals surface area contributed by atoms with Gasteiger partial charge in [0.25, 0.3) is 0 Å². The van der Waals surface area contributed by atoms with Crippen molar-refractivity contribution in [2.75, 3.05) is 0 Å². The fraction of sp³-hybridized carbons (Fsp3) is 0. The Morgan fingerprint density at radius 1 is 0.909 bits per heavy atom. The molecule has 0 aliphatic heterocycles. The van der Waals surface area contributed by atoms with Gasteiger partial charge in [0.1, 0.15) is 0 Å². The Hall–Kier alpha value is 1.43. The van der Waals surface area contributed by atoms with E-state index in [4.69, 9.17) is 17.5 Å². The van der Waals surface area contributed by atoms with Gasteiger partial charge in [-0.2, -0.15) is 0 Å².